The third-order valence-electron chi connectivity index (χ3n) is 5.19. The molecule has 2 heterocycles. The number of ether oxygens (including phenoxy) is 1. The zero-order chi connectivity index (χ0) is 18.8. The van der Waals surface area contributed by atoms with Gasteiger partial charge in [-0.1, -0.05) is 6.07 Å². The summed E-state index contributed by atoms with van der Waals surface area (Å²) in [6, 6.07) is 5.70. The summed E-state index contributed by atoms with van der Waals surface area (Å²) < 4.78 is 29.2. The van der Waals surface area contributed by atoms with Gasteiger partial charge in [0.05, 0.1) is 0 Å². The molecule has 0 atom stereocenters. The Bertz CT molecular complexity index is 775. The highest BCUT2D eigenvalue weighted by molar-refractivity contribution is 7.87. The van der Waals surface area contributed by atoms with Gasteiger partial charge < -0.3 is 20.7 Å². The molecule has 1 aromatic carbocycles. The number of piperidine rings is 1. The number of hydrogen-bond donors (Lipinski definition) is 4. The van der Waals surface area contributed by atoms with E-state index in [0.717, 1.165) is 44.6 Å². The lowest BCUT2D eigenvalue weighted by molar-refractivity contribution is 0.152. The predicted octanol–water partition coefficient (Wildman–Crippen LogP) is -0.626. The first-order valence-electron chi connectivity index (χ1n) is 8.59. The molecule has 6 N–H and O–H groups in total. The molecule has 1 amide bonds. The highest BCUT2D eigenvalue weighted by atomic mass is 32.2. The minimum atomic E-state index is -3.64. The van der Waals surface area contributed by atoms with E-state index in [2.05, 4.69) is 14.9 Å². The molecule has 1 spiro atoms. The average Bonchev–Trinajstić information content (AvgIpc) is 2.55. The Hall–Kier alpha value is -1.72. The lowest BCUT2D eigenvalue weighted by Gasteiger charge is -2.45. The number of nitrogens with zero attached hydrogens (tertiary/aromatic N) is 1. The van der Waals surface area contributed by atoms with E-state index in [1.807, 2.05) is 12.1 Å². The number of rotatable bonds is 5. The van der Waals surface area contributed by atoms with Crippen LogP contribution in [0.1, 0.15) is 24.0 Å². The van der Waals surface area contributed by atoms with Crippen LogP contribution in [0.15, 0.2) is 18.2 Å². The second-order valence-electron chi connectivity index (χ2n) is 6.90. The molecule has 144 valence electrons. The van der Waals surface area contributed by atoms with Gasteiger partial charge in [-0.15, -0.1) is 0 Å². The average molecular weight is 383 g/mol. The Morgan fingerprint density at radius 2 is 2.08 bits per heavy atom. The van der Waals surface area contributed by atoms with E-state index >= 15 is 0 Å². The number of primary amides is 1. The van der Waals surface area contributed by atoms with E-state index in [-0.39, 0.29) is 5.41 Å². The van der Waals surface area contributed by atoms with Crippen LogP contribution in [-0.2, 0) is 22.2 Å². The number of amides is 1. The lowest BCUT2D eigenvalue weighted by Crippen LogP contribution is -2.51. The molecule has 1 fully saturated rings. The Kier molecular flexibility index (Phi) is 5.49. The van der Waals surface area contributed by atoms with Crippen LogP contribution in [-0.4, -0.2) is 52.1 Å². The van der Waals surface area contributed by atoms with Gasteiger partial charge in [-0.25, -0.2) is 14.7 Å². The summed E-state index contributed by atoms with van der Waals surface area (Å²) in [5, 5.41) is 8.41. The van der Waals surface area contributed by atoms with Crippen LogP contribution in [0.25, 0.3) is 0 Å². The van der Waals surface area contributed by atoms with Crippen LogP contribution < -0.4 is 25.6 Å². The van der Waals surface area contributed by atoms with Gasteiger partial charge in [0, 0.05) is 31.6 Å². The van der Waals surface area contributed by atoms with Crippen LogP contribution in [0.4, 0.5) is 4.79 Å². The molecule has 3 rings (SSSR count). The van der Waals surface area contributed by atoms with Crippen molar-refractivity contribution in [2.24, 2.45) is 10.9 Å². The van der Waals surface area contributed by atoms with E-state index in [9.17, 15) is 13.2 Å². The first-order chi connectivity index (χ1) is 12.3. The van der Waals surface area contributed by atoms with Crippen molar-refractivity contribution < 1.29 is 17.9 Å². The third-order valence-corrected chi connectivity index (χ3v) is 5.80. The standard InChI is InChI=1S/C16H25N5O4S/c17-15(22)25-13-1-2-14-12(9-13)10-19-11-16(14)3-6-21(7-4-16)8-5-20-26(18,23)24/h1-2,9,19-20H,3-8,10-11H2,(H2,17,22)(H2,18,23,24). The smallest absolute Gasteiger partial charge is 0.409 e. The number of benzene rings is 1. The van der Waals surface area contributed by atoms with Gasteiger partial charge >= 0.3 is 6.09 Å². The van der Waals surface area contributed by atoms with Crippen LogP contribution in [0.2, 0.25) is 0 Å². The summed E-state index contributed by atoms with van der Waals surface area (Å²) in [6.45, 7) is 4.35. The summed E-state index contributed by atoms with van der Waals surface area (Å²) in [6.07, 6.45) is 1.13. The van der Waals surface area contributed by atoms with E-state index in [1.54, 1.807) is 6.07 Å². The fraction of sp³-hybridized carbons (Fsp3) is 0.562. The molecule has 26 heavy (non-hydrogen) atoms. The molecule has 0 saturated carbocycles. The molecule has 2 aliphatic heterocycles. The van der Waals surface area contributed by atoms with E-state index < -0.39 is 16.3 Å². The van der Waals surface area contributed by atoms with E-state index in [4.69, 9.17) is 15.6 Å². The molecule has 0 bridgehead atoms. The number of carbonyl (C=O) groups excluding carboxylic acids is 1. The molecule has 10 heteroatoms. The fourth-order valence-corrected chi connectivity index (χ4v) is 4.32. The minimum absolute atomic E-state index is 0.0444. The minimum Gasteiger partial charge on any atom is -0.410 e. The number of likely N-dealkylation sites (tertiary alicyclic amines) is 1. The quantitative estimate of drug-likeness (QED) is 0.534. The normalized spacial score (nSPS) is 19.9. The molecule has 0 aromatic heterocycles. The number of nitrogens with one attached hydrogen (secondary N) is 2. The summed E-state index contributed by atoms with van der Waals surface area (Å²) in [5.41, 5.74) is 7.54. The third kappa shape index (κ3) is 4.51. The molecule has 1 saturated heterocycles. The molecular formula is C16H25N5O4S. The summed E-state index contributed by atoms with van der Waals surface area (Å²) in [7, 11) is -3.64. The van der Waals surface area contributed by atoms with Crippen molar-refractivity contribution >= 4 is 16.3 Å². The first kappa shape index (κ1) is 19.1. The number of nitrogens with two attached hydrogens (primary N) is 2. The van der Waals surface area contributed by atoms with Crippen LogP contribution >= 0.6 is 0 Å². The van der Waals surface area contributed by atoms with Gasteiger partial charge in [0.1, 0.15) is 5.75 Å². The van der Waals surface area contributed by atoms with Crippen molar-refractivity contribution in [3.63, 3.8) is 0 Å². The van der Waals surface area contributed by atoms with Crippen LogP contribution in [0.3, 0.4) is 0 Å². The fourth-order valence-electron chi connectivity index (χ4n) is 3.94. The zero-order valence-corrected chi connectivity index (χ0v) is 15.3. The second-order valence-corrected chi connectivity index (χ2v) is 8.28. The zero-order valence-electron chi connectivity index (χ0n) is 14.5. The van der Waals surface area contributed by atoms with Gasteiger partial charge in [0.15, 0.2) is 0 Å². The SMILES string of the molecule is NC(=O)Oc1ccc2c(c1)CNCC21CCN(CCNS(N)(=O)=O)CC1. The number of fused-ring (bicyclic) bond motifs is 2. The van der Waals surface area contributed by atoms with Gasteiger partial charge in [-0.2, -0.15) is 8.42 Å². The Labute approximate surface area is 153 Å². The molecule has 9 nitrogen and oxygen atoms in total. The lowest BCUT2D eigenvalue weighted by atomic mass is 9.69. The maximum absolute atomic E-state index is 10.9. The summed E-state index contributed by atoms with van der Waals surface area (Å²) >= 11 is 0. The van der Waals surface area contributed by atoms with Gasteiger partial charge in [0.2, 0.25) is 0 Å². The molecule has 0 unspecified atom stereocenters. The van der Waals surface area contributed by atoms with Crippen LogP contribution in [0, 0.1) is 0 Å². The van der Waals surface area contributed by atoms with E-state index in [0.29, 0.717) is 18.8 Å². The van der Waals surface area contributed by atoms with Crippen molar-refractivity contribution in [2.45, 2.75) is 24.8 Å². The van der Waals surface area contributed by atoms with E-state index in [1.165, 1.54) is 5.56 Å². The van der Waals surface area contributed by atoms with Gasteiger partial charge in [0.25, 0.3) is 10.2 Å². The Morgan fingerprint density at radius 3 is 2.73 bits per heavy atom. The first-order valence-corrected chi connectivity index (χ1v) is 10.1. The highest BCUT2D eigenvalue weighted by Crippen LogP contribution is 2.40. The van der Waals surface area contributed by atoms with Crippen molar-refractivity contribution in [2.75, 3.05) is 32.7 Å². The molecule has 1 aromatic rings. The second kappa shape index (κ2) is 7.49. The van der Waals surface area contributed by atoms with Crippen molar-refractivity contribution in [3.05, 3.63) is 29.3 Å². The van der Waals surface area contributed by atoms with Crippen molar-refractivity contribution in [1.29, 1.82) is 0 Å². The largest absolute Gasteiger partial charge is 0.410 e. The Balaban J connectivity index is 1.65. The molecule has 0 aliphatic carbocycles. The molecule has 0 radical (unpaired) electrons. The summed E-state index contributed by atoms with van der Waals surface area (Å²) in [5.74, 6) is 0.460. The van der Waals surface area contributed by atoms with Crippen LogP contribution in [0.5, 0.6) is 5.75 Å². The number of carbonyl (C=O) groups is 1. The topological polar surface area (TPSA) is 140 Å². The predicted molar refractivity (Wildman–Crippen MR) is 96.8 cm³/mol. The van der Waals surface area contributed by atoms with Crippen molar-refractivity contribution in [1.82, 2.24) is 14.9 Å². The van der Waals surface area contributed by atoms with Gasteiger partial charge in [-0.05, 0) is 49.2 Å². The maximum atomic E-state index is 10.9. The molecule has 2 aliphatic rings. The highest BCUT2D eigenvalue weighted by Gasteiger charge is 2.39. The number of hydrogen-bond acceptors (Lipinski definition) is 6. The maximum Gasteiger partial charge on any atom is 0.409 e. The van der Waals surface area contributed by atoms with Crippen molar-refractivity contribution in [3.8, 4) is 5.75 Å². The monoisotopic (exact) mass is 383 g/mol. The molecular weight excluding hydrogens is 358 g/mol. The Morgan fingerprint density at radius 1 is 1.35 bits per heavy atom. The summed E-state index contributed by atoms with van der Waals surface area (Å²) in [4.78, 5) is 13.2. The van der Waals surface area contributed by atoms with Gasteiger partial charge in [-0.3, -0.25) is 0 Å².